The molecule has 2 heterocycles. The minimum Gasteiger partial charge on any atom is -0.388 e. The van der Waals surface area contributed by atoms with Gasteiger partial charge in [0, 0.05) is 41.8 Å². The summed E-state index contributed by atoms with van der Waals surface area (Å²) in [5.74, 6) is -0.258. The van der Waals surface area contributed by atoms with Gasteiger partial charge in [-0.1, -0.05) is 25.1 Å². The van der Waals surface area contributed by atoms with E-state index < -0.39 is 5.60 Å². The number of hydrogen-bond donors (Lipinski definition) is 3. The third-order valence-electron chi connectivity index (χ3n) is 6.95. The Morgan fingerprint density at radius 1 is 0.974 bits per heavy atom. The van der Waals surface area contributed by atoms with Crippen molar-refractivity contribution in [3.63, 3.8) is 0 Å². The average Bonchev–Trinajstić information content (AvgIpc) is 3.26. The number of nitrogens with zero attached hydrogens (tertiary/aromatic N) is 3. The second-order valence-electron chi connectivity index (χ2n) is 9.65. The second kappa shape index (κ2) is 10.6. The number of carbonyl (C=O) groups is 2. The van der Waals surface area contributed by atoms with Crippen LogP contribution in [-0.4, -0.2) is 50.4 Å². The summed E-state index contributed by atoms with van der Waals surface area (Å²) in [5.41, 5.74) is 2.34. The van der Waals surface area contributed by atoms with Gasteiger partial charge in [0.25, 0.3) is 0 Å². The Morgan fingerprint density at radius 2 is 1.66 bits per heavy atom. The number of aromatic nitrogens is 2. The first-order valence-electron chi connectivity index (χ1n) is 12.7. The number of benzene rings is 3. The van der Waals surface area contributed by atoms with Crippen LogP contribution in [0.25, 0.3) is 22.2 Å². The lowest BCUT2D eigenvalue weighted by Crippen LogP contribution is -2.48. The molecule has 1 fully saturated rings. The molecule has 1 aliphatic heterocycles. The number of amides is 3. The number of aliphatic hydroxyl groups is 1. The van der Waals surface area contributed by atoms with Crippen molar-refractivity contribution < 1.29 is 19.1 Å². The van der Waals surface area contributed by atoms with Crippen LogP contribution in [-0.2, 0) is 11.3 Å². The van der Waals surface area contributed by atoms with Gasteiger partial charge in [-0.25, -0.2) is 9.18 Å². The molecule has 0 aliphatic carbocycles. The highest BCUT2D eigenvalue weighted by Crippen LogP contribution is 2.33. The fourth-order valence-corrected chi connectivity index (χ4v) is 4.85. The van der Waals surface area contributed by atoms with Crippen LogP contribution in [0.15, 0.2) is 72.8 Å². The van der Waals surface area contributed by atoms with Crippen molar-refractivity contribution in [1.29, 1.82) is 0 Å². The van der Waals surface area contributed by atoms with E-state index >= 15 is 0 Å². The van der Waals surface area contributed by atoms with Crippen molar-refractivity contribution >= 4 is 34.2 Å². The van der Waals surface area contributed by atoms with Gasteiger partial charge in [-0.15, -0.1) is 0 Å². The SMILES string of the molecule is CCC(=O)N1CCC(O)(Cn2nc(-c3ccc(F)cc3)c3cc(NC(=O)Nc4ccccc4)ccc32)CC1. The van der Waals surface area contributed by atoms with E-state index in [1.54, 1.807) is 39.9 Å². The zero-order valence-electron chi connectivity index (χ0n) is 21.2. The summed E-state index contributed by atoms with van der Waals surface area (Å²) in [4.78, 5) is 26.4. The highest BCUT2D eigenvalue weighted by molar-refractivity contribution is 6.02. The fraction of sp³-hybridized carbons (Fsp3) is 0.276. The molecule has 0 unspecified atom stereocenters. The molecule has 0 atom stereocenters. The van der Waals surface area contributed by atoms with Crippen LogP contribution in [0.5, 0.6) is 0 Å². The number of rotatable bonds is 6. The van der Waals surface area contributed by atoms with Gasteiger partial charge >= 0.3 is 6.03 Å². The normalized spacial score (nSPS) is 14.9. The molecule has 0 spiro atoms. The van der Waals surface area contributed by atoms with Gasteiger partial charge in [0.05, 0.1) is 17.7 Å². The summed E-state index contributed by atoms with van der Waals surface area (Å²) < 4.78 is 15.4. The maximum absolute atomic E-state index is 13.6. The molecule has 5 rings (SSSR count). The van der Waals surface area contributed by atoms with E-state index in [0.29, 0.717) is 49.4 Å². The van der Waals surface area contributed by atoms with Crippen LogP contribution in [0.2, 0.25) is 0 Å². The van der Waals surface area contributed by atoms with Gasteiger partial charge in [0.15, 0.2) is 0 Å². The van der Waals surface area contributed by atoms with E-state index in [4.69, 9.17) is 5.10 Å². The molecule has 38 heavy (non-hydrogen) atoms. The number of carbonyl (C=O) groups excluding carboxylic acids is 2. The summed E-state index contributed by atoms with van der Waals surface area (Å²) in [6.45, 7) is 3.08. The van der Waals surface area contributed by atoms with Gasteiger partial charge in [0.1, 0.15) is 11.5 Å². The van der Waals surface area contributed by atoms with Crippen LogP contribution in [0, 0.1) is 5.82 Å². The molecule has 1 saturated heterocycles. The zero-order chi connectivity index (χ0) is 26.7. The largest absolute Gasteiger partial charge is 0.388 e. The maximum Gasteiger partial charge on any atom is 0.323 e. The predicted octanol–water partition coefficient (Wildman–Crippen LogP) is 5.25. The third kappa shape index (κ3) is 5.52. The van der Waals surface area contributed by atoms with E-state index in [0.717, 1.165) is 16.5 Å². The van der Waals surface area contributed by atoms with E-state index in [2.05, 4.69) is 10.6 Å². The van der Waals surface area contributed by atoms with Gasteiger partial charge in [-0.2, -0.15) is 5.10 Å². The molecular formula is C29H30FN5O3. The van der Waals surface area contributed by atoms with Crippen molar-refractivity contribution in [2.75, 3.05) is 23.7 Å². The summed E-state index contributed by atoms with van der Waals surface area (Å²) >= 11 is 0. The Kier molecular flexibility index (Phi) is 7.11. The van der Waals surface area contributed by atoms with Gasteiger partial charge in [-0.3, -0.25) is 9.48 Å². The Bertz CT molecular complexity index is 1440. The number of piperidine rings is 1. The highest BCUT2D eigenvalue weighted by Gasteiger charge is 2.35. The van der Waals surface area contributed by atoms with E-state index in [9.17, 15) is 19.1 Å². The monoisotopic (exact) mass is 515 g/mol. The number of nitrogens with one attached hydrogen (secondary N) is 2. The number of hydrogen-bond acceptors (Lipinski definition) is 4. The summed E-state index contributed by atoms with van der Waals surface area (Å²) in [6, 6.07) is 20.3. The number of likely N-dealkylation sites (tertiary alicyclic amines) is 1. The molecule has 1 aromatic heterocycles. The first-order chi connectivity index (χ1) is 18.3. The van der Waals surface area contributed by atoms with E-state index in [1.165, 1.54) is 12.1 Å². The predicted molar refractivity (Wildman–Crippen MR) is 145 cm³/mol. The standard InChI is InChI=1S/C29H30FN5O3/c1-2-26(36)34-16-14-29(38,15-17-34)19-35-25-13-12-23(32-28(37)31-22-6-4-3-5-7-22)18-24(25)27(33-35)20-8-10-21(30)11-9-20/h3-13,18,38H,2,14-17,19H2,1H3,(H2,31,32,37). The van der Waals surface area contributed by atoms with Crippen LogP contribution in [0.3, 0.4) is 0 Å². The lowest BCUT2D eigenvalue weighted by molar-refractivity contribution is -0.135. The van der Waals surface area contributed by atoms with Crippen LogP contribution < -0.4 is 10.6 Å². The molecule has 0 radical (unpaired) electrons. The number of urea groups is 1. The number of halogens is 1. The number of anilines is 2. The Labute approximate surface area is 220 Å². The Morgan fingerprint density at radius 3 is 2.34 bits per heavy atom. The second-order valence-corrected chi connectivity index (χ2v) is 9.65. The summed E-state index contributed by atoms with van der Waals surface area (Å²) in [7, 11) is 0. The first kappa shape index (κ1) is 25.4. The van der Waals surface area contributed by atoms with Gasteiger partial charge < -0.3 is 20.6 Å². The molecule has 8 nitrogen and oxygen atoms in total. The first-order valence-corrected chi connectivity index (χ1v) is 12.7. The van der Waals surface area contributed by atoms with Crippen molar-refractivity contribution in [2.45, 2.75) is 38.3 Å². The quantitative estimate of drug-likeness (QED) is 0.327. The summed E-state index contributed by atoms with van der Waals surface area (Å²) in [5, 5.41) is 22.6. The molecule has 0 bridgehead atoms. The highest BCUT2D eigenvalue weighted by atomic mass is 19.1. The Hall–Kier alpha value is -4.24. The van der Waals surface area contributed by atoms with E-state index in [1.807, 2.05) is 37.3 Å². The molecule has 3 aromatic carbocycles. The van der Waals surface area contributed by atoms with Gasteiger partial charge in [-0.05, 0) is 67.4 Å². The van der Waals surface area contributed by atoms with Crippen molar-refractivity contribution in [2.24, 2.45) is 0 Å². The molecule has 0 saturated carbocycles. The lowest BCUT2D eigenvalue weighted by Gasteiger charge is -2.38. The number of fused-ring (bicyclic) bond motifs is 1. The van der Waals surface area contributed by atoms with Crippen LogP contribution in [0.4, 0.5) is 20.6 Å². The maximum atomic E-state index is 13.6. The topological polar surface area (TPSA) is 99.5 Å². The molecule has 3 N–H and O–H groups in total. The molecular weight excluding hydrogens is 485 g/mol. The Balaban J connectivity index is 1.44. The molecule has 3 amide bonds. The minimum atomic E-state index is -1.02. The van der Waals surface area contributed by atoms with Crippen molar-refractivity contribution in [1.82, 2.24) is 14.7 Å². The minimum absolute atomic E-state index is 0.0894. The summed E-state index contributed by atoms with van der Waals surface area (Å²) in [6.07, 6.45) is 1.35. The fourth-order valence-electron chi connectivity index (χ4n) is 4.85. The lowest BCUT2D eigenvalue weighted by atomic mass is 9.91. The third-order valence-corrected chi connectivity index (χ3v) is 6.95. The molecule has 9 heteroatoms. The molecule has 1 aliphatic rings. The number of para-hydroxylation sites is 1. The van der Waals surface area contributed by atoms with Gasteiger partial charge in [0.2, 0.25) is 5.91 Å². The zero-order valence-corrected chi connectivity index (χ0v) is 21.2. The average molecular weight is 516 g/mol. The van der Waals surface area contributed by atoms with E-state index in [-0.39, 0.29) is 24.3 Å². The van der Waals surface area contributed by atoms with Crippen molar-refractivity contribution in [3.05, 3.63) is 78.6 Å². The smallest absolute Gasteiger partial charge is 0.323 e. The van der Waals surface area contributed by atoms with Crippen LogP contribution in [0.1, 0.15) is 26.2 Å². The molecule has 4 aromatic rings. The van der Waals surface area contributed by atoms with Crippen molar-refractivity contribution in [3.8, 4) is 11.3 Å². The van der Waals surface area contributed by atoms with Crippen LogP contribution >= 0.6 is 0 Å². The molecule has 196 valence electrons.